The van der Waals surface area contributed by atoms with Crippen molar-refractivity contribution in [1.29, 1.82) is 0 Å². The summed E-state index contributed by atoms with van der Waals surface area (Å²) in [6.07, 6.45) is -0.190. The number of rotatable bonds is 5. The summed E-state index contributed by atoms with van der Waals surface area (Å²) in [5.41, 5.74) is 1.06. The number of carbonyl (C=O) groups is 1. The van der Waals surface area contributed by atoms with E-state index in [1.165, 1.54) is 6.07 Å². The summed E-state index contributed by atoms with van der Waals surface area (Å²) in [6, 6.07) is 15.7. The first-order chi connectivity index (χ1) is 9.68. The Morgan fingerprint density at radius 2 is 1.70 bits per heavy atom. The standard InChI is InChI=1S/C16H17NO3/c18-14(12-6-2-1-3-7-12)10-11-17-16(20)13-8-4-5-9-15(13)19/h1-9,14,18-19H,10-11H2,(H,17,20)/t14-/m1/s1. The highest BCUT2D eigenvalue weighted by Crippen LogP contribution is 2.17. The molecule has 3 N–H and O–H groups in total. The number of benzene rings is 2. The maximum absolute atomic E-state index is 11.8. The predicted octanol–water partition coefficient (Wildman–Crippen LogP) is 2.25. The van der Waals surface area contributed by atoms with Crippen LogP contribution in [-0.4, -0.2) is 22.7 Å². The third-order valence-electron chi connectivity index (χ3n) is 3.04. The zero-order valence-corrected chi connectivity index (χ0v) is 11.0. The van der Waals surface area contributed by atoms with Crippen LogP contribution in [0.3, 0.4) is 0 Å². The first-order valence-electron chi connectivity index (χ1n) is 6.47. The van der Waals surface area contributed by atoms with Gasteiger partial charge in [0.05, 0.1) is 11.7 Å². The van der Waals surface area contributed by atoms with Gasteiger partial charge >= 0.3 is 0 Å². The van der Waals surface area contributed by atoms with E-state index in [1.807, 2.05) is 30.3 Å². The molecule has 0 radical (unpaired) electrons. The molecular weight excluding hydrogens is 254 g/mol. The minimum absolute atomic E-state index is 0.0476. The molecule has 0 saturated carbocycles. The molecule has 0 unspecified atom stereocenters. The molecule has 0 aromatic heterocycles. The largest absolute Gasteiger partial charge is 0.507 e. The molecular formula is C16H17NO3. The number of aliphatic hydroxyl groups is 1. The molecule has 0 aliphatic heterocycles. The van der Waals surface area contributed by atoms with E-state index in [9.17, 15) is 15.0 Å². The van der Waals surface area contributed by atoms with Crippen LogP contribution in [-0.2, 0) is 0 Å². The highest BCUT2D eigenvalue weighted by Gasteiger charge is 2.11. The number of carbonyl (C=O) groups excluding carboxylic acids is 1. The van der Waals surface area contributed by atoms with E-state index < -0.39 is 6.10 Å². The SMILES string of the molecule is O=C(NCC[C@@H](O)c1ccccc1)c1ccccc1O. The van der Waals surface area contributed by atoms with Crippen LogP contribution in [0.1, 0.15) is 28.4 Å². The monoisotopic (exact) mass is 271 g/mol. The Morgan fingerprint density at radius 1 is 1.05 bits per heavy atom. The van der Waals surface area contributed by atoms with Gasteiger partial charge in [0.25, 0.3) is 5.91 Å². The Morgan fingerprint density at radius 3 is 2.40 bits per heavy atom. The van der Waals surface area contributed by atoms with Crippen LogP contribution in [0.5, 0.6) is 5.75 Å². The van der Waals surface area contributed by atoms with Crippen molar-refractivity contribution in [3.63, 3.8) is 0 Å². The van der Waals surface area contributed by atoms with Gasteiger partial charge in [0.2, 0.25) is 0 Å². The molecule has 0 aliphatic carbocycles. The van der Waals surface area contributed by atoms with Gasteiger partial charge in [0.15, 0.2) is 0 Å². The summed E-state index contributed by atoms with van der Waals surface area (Å²) >= 11 is 0. The fourth-order valence-corrected chi connectivity index (χ4v) is 1.93. The van der Waals surface area contributed by atoms with E-state index in [4.69, 9.17) is 0 Å². The fraction of sp³-hybridized carbons (Fsp3) is 0.188. The quantitative estimate of drug-likeness (QED) is 0.781. The van der Waals surface area contributed by atoms with Gasteiger partial charge in [-0.15, -0.1) is 0 Å². The maximum Gasteiger partial charge on any atom is 0.255 e. The van der Waals surface area contributed by atoms with Crippen LogP contribution in [0.15, 0.2) is 54.6 Å². The Kier molecular flexibility index (Phi) is 4.74. The van der Waals surface area contributed by atoms with Crippen molar-refractivity contribution in [3.05, 3.63) is 65.7 Å². The maximum atomic E-state index is 11.8. The van der Waals surface area contributed by atoms with Crippen LogP contribution in [0.4, 0.5) is 0 Å². The number of aromatic hydroxyl groups is 1. The fourth-order valence-electron chi connectivity index (χ4n) is 1.93. The first-order valence-corrected chi connectivity index (χ1v) is 6.47. The van der Waals surface area contributed by atoms with Gasteiger partial charge in [-0.3, -0.25) is 4.79 Å². The lowest BCUT2D eigenvalue weighted by Crippen LogP contribution is -2.25. The van der Waals surface area contributed by atoms with Crippen molar-refractivity contribution >= 4 is 5.91 Å². The van der Waals surface area contributed by atoms with Gasteiger partial charge in [0.1, 0.15) is 5.75 Å². The van der Waals surface area contributed by atoms with Gasteiger partial charge in [0, 0.05) is 6.54 Å². The Bertz CT molecular complexity index is 569. The highest BCUT2D eigenvalue weighted by atomic mass is 16.3. The molecule has 104 valence electrons. The molecule has 1 amide bonds. The van der Waals surface area contributed by atoms with Crippen LogP contribution in [0.25, 0.3) is 0 Å². The minimum atomic E-state index is -0.610. The molecule has 0 saturated heterocycles. The summed E-state index contributed by atoms with van der Waals surface area (Å²) in [5, 5.41) is 22.2. The molecule has 0 heterocycles. The van der Waals surface area contributed by atoms with Crippen LogP contribution in [0.2, 0.25) is 0 Å². The summed E-state index contributed by atoms with van der Waals surface area (Å²) in [6.45, 7) is 0.337. The molecule has 0 bridgehead atoms. The minimum Gasteiger partial charge on any atom is -0.507 e. The Hall–Kier alpha value is -2.33. The summed E-state index contributed by atoms with van der Waals surface area (Å²) in [5.74, 6) is -0.392. The van der Waals surface area contributed by atoms with Gasteiger partial charge in [-0.2, -0.15) is 0 Å². The zero-order chi connectivity index (χ0) is 14.4. The predicted molar refractivity (Wildman–Crippen MR) is 76.5 cm³/mol. The summed E-state index contributed by atoms with van der Waals surface area (Å²) in [7, 11) is 0. The van der Waals surface area contributed by atoms with E-state index >= 15 is 0 Å². The van der Waals surface area contributed by atoms with E-state index in [0.29, 0.717) is 13.0 Å². The van der Waals surface area contributed by atoms with Crippen molar-refractivity contribution < 1.29 is 15.0 Å². The van der Waals surface area contributed by atoms with Crippen molar-refractivity contribution in [3.8, 4) is 5.75 Å². The van der Waals surface area contributed by atoms with Gasteiger partial charge in [-0.25, -0.2) is 0 Å². The Balaban J connectivity index is 1.84. The highest BCUT2D eigenvalue weighted by molar-refractivity contribution is 5.96. The number of aliphatic hydroxyl groups excluding tert-OH is 1. The first kappa shape index (κ1) is 14.1. The van der Waals surface area contributed by atoms with E-state index in [-0.39, 0.29) is 17.2 Å². The summed E-state index contributed by atoms with van der Waals surface area (Å²) in [4.78, 5) is 11.8. The molecule has 2 aromatic rings. The van der Waals surface area contributed by atoms with Crippen molar-refractivity contribution in [2.75, 3.05) is 6.54 Å². The van der Waals surface area contributed by atoms with Gasteiger partial charge in [-0.1, -0.05) is 42.5 Å². The lowest BCUT2D eigenvalue weighted by Gasteiger charge is -2.12. The second-order valence-corrected chi connectivity index (χ2v) is 4.49. The molecule has 0 spiro atoms. The van der Waals surface area contributed by atoms with Gasteiger partial charge in [-0.05, 0) is 24.1 Å². The van der Waals surface area contributed by atoms with Crippen LogP contribution in [0, 0.1) is 0 Å². The van der Waals surface area contributed by atoms with E-state index in [2.05, 4.69) is 5.32 Å². The van der Waals surface area contributed by atoms with Crippen molar-refractivity contribution in [1.82, 2.24) is 5.32 Å². The third kappa shape index (κ3) is 3.59. The zero-order valence-electron chi connectivity index (χ0n) is 11.0. The average Bonchev–Trinajstić information content (AvgIpc) is 2.48. The molecule has 2 rings (SSSR count). The summed E-state index contributed by atoms with van der Waals surface area (Å²) < 4.78 is 0. The normalized spacial score (nSPS) is 11.8. The molecule has 4 heteroatoms. The molecule has 0 aliphatic rings. The lowest BCUT2D eigenvalue weighted by atomic mass is 10.1. The average molecular weight is 271 g/mol. The number of amides is 1. The molecule has 20 heavy (non-hydrogen) atoms. The number of phenols is 1. The lowest BCUT2D eigenvalue weighted by molar-refractivity contribution is 0.0940. The van der Waals surface area contributed by atoms with Crippen LogP contribution >= 0.6 is 0 Å². The third-order valence-corrected chi connectivity index (χ3v) is 3.04. The van der Waals surface area contributed by atoms with Crippen molar-refractivity contribution in [2.24, 2.45) is 0 Å². The number of phenolic OH excluding ortho intramolecular Hbond substituents is 1. The Labute approximate surface area is 117 Å². The van der Waals surface area contributed by atoms with E-state index in [1.54, 1.807) is 18.2 Å². The van der Waals surface area contributed by atoms with E-state index in [0.717, 1.165) is 5.56 Å². The smallest absolute Gasteiger partial charge is 0.255 e. The topological polar surface area (TPSA) is 69.6 Å². The number of nitrogens with one attached hydrogen (secondary N) is 1. The number of hydrogen-bond donors (Lipinski definition) is 3. The molecule has 0 fully saturated rings. The molecule has 1 atom stereocenters. The van der Waals surface area contributed by atoms with Crippen molar-refractivity contribution in [2.45, 2.75) is 12.5 Å². The van der Waals surface area contributed by atoms with Crippen LogP contribution < -0.4 is 5.32 Å². The number of hydrogen-bond acceptors (Lipinski definition) is 3. The second-order valence-electron chi connectivity index (χ2n) is 4.49. The second kappa shape index (κ2) is 6.73. The molecule has 4 nitrogen and oxygen atoms in total. The number of para-hydroxylation sites is 1. The van der Waals surface area contributed by atoms with Gasteiger partial charge < -0.3 is 15.5 Å². The molecule has 2 aromatic carbocycles.